The fourth-order valence-electron chi connectivity index (χ4n) is 2.80. The van der Waals surface area contributed by atoms with E-state index < -0.39 is 14.9 Å². The number of hydrogen-bond donors (Lipinski definition) is 2. The maximum atomic E-state index is 11.9. The quantitative estimate of drug-likeness (QED) is 0.479. The molecule has 0 spiro atoms. The van der Waals surface area contributed by atoms with Crippen molar-refractivity contribution < 1.29 is 13.3 Å². The molecule has 0 aliphatic carbocycles. The maximum Gasteiger partial charge on any atom is 0.270 e. The van der Waals surface area contributed by atoms with Gasteiger partial charge in [-0.2, -0.15) is 0 Å². The van der Waals surface area contributed by atoms with Gasteiger partial charge in [0.15, 0.2) is 0 Å². The van der Waals surface area contributed by atoms with Gasteiger partial charge in [0, 0.05) is 38.2 Å². The number of primary sulfonamides is 1. The van der Waals surface area contributed by atoms with Crippen molar-refractivity contribution in [3.8, 4) is 0 Å². The van der Waals surface area contributed by atoms with Crippen LogP contribution in [0.5, 0.6) is 0 Å². The highest BCUT2D eigenvalue weighted by molar-refractivity contribution is 7.89. The predicted octanol–water partition coefficient (Wildman–Crippen LogP) is 2.47. The average molecular weight is 401 g/mol. The molecule has 0 radical (unpaired) electrons. The number of non-ortho nitro benzene ring substituents is 1. The molecule has 0 unspecified atom stereocenters. The van der Waals surface area contributed by atoms with Crippen LogP contribution in [0, 0.1) is 10.1 Å². The van der Waals surface area contributed by atoms with E-state index >= 15 is 0 Å². The second-order valence-corrected chi connectivity index (χ2v) is 7.92. The van der Waals surface area contributed by atoms with Crippen LogP contribution in [0.3, 0.4) is 0 Å². The number of nitrogens with two attached hydrogens (primary N) is 1. The molecule has 3 rings (SSSR count). The van der Waals surface area contributed by atoms with Crippen molar-refractivity contribution in [3.05, 3.63) is 64.2 Å². The number of para-hydroxylation sites is 1. The van der Waals surface area contributed by atoms with E-state index in [4.69, 9.17) is 5.14 Å². The van der Waals surface area contributed by atoms with Gasteiger partial charge in [-0.3, -0.25) is 10.1 Å². The molecule has 3 N–H and O–H groups in total. The third-order valence-corrected chi connectivity index (χ3v) is 5.15. The molecule has 1 aromatic heterocycles. The second kappa shape index (κ2) is 7.41. The van der Waals surface area contributed by atoms with E-state index in [0.717, 1.165) is 28.4 Å². The van der Waals surface area contributed by atoms with Crippen molar-refractivity contribution in [1.82, 2.24) is 4.98 Å². The molecule has 0 saturated heterocycles. The number of nitrogens with zero attached hydrogens (tertiary/aromatic N) is 3. The summed E-state index contributed by atoms with van der Waals surface area (Å²) >= 11 is 0. The van der Waals surface area contributed by atoms with Crippen LogP contribution in [0.1, 0.15) is 5.56 Å². The van der Waals surface area contributed by atoms with Crippen LogP contribution in [0.2, 0.25) is 0 Å². The Balaban J connectivity index is 2.02. The molecule has 28 heavy (non-hydrogen) atoms. The van der Waals surface area contributed by atoms with E-state index in [9.17, 15) is 18.5 Å². The SMILES string of the molecule is CN(C)c1cc(CNc2ccc([N+](=O)[O-])cc2S(N)(=O)=O)c2ccccc2n1. The summed E-state index contributed by atoms with van der Waals surface area (Å²) in [5.41, 5.74) is 1.55. The fourth-order valence-corrected chi connectivity index (χ4v) is 3.54. The third kappa shape index (κ3) is 4.02. The van der Waals surface area contributed by atoms with Gasteiger partial charge < -0.3 is 10.2 Å². The molecule has 0 aliphatic rings. The Morgan fingerprint density at radius 2 is 1.89 bits per heavy atom. The largest absolute Gasteiger partial charge is 0.380 e. The van der Waals surface area contributed by atoms with Crippen molar-refractivity contribution >= 4 is 38.1 Å². The molecule has 0 amide bonds. The zero-order valence-electron chi connectivity index (χ0n) is 15.3. The number of rotatable bonds is 6. The number of anilines is 2. The first kappa shape index (κ1) is 19.5. The van der Waals surface area contributed by atoms with Crippen molar-refractivity contribution in [2.45, 2.75) is 11.4 Å². The monoisotopic (exact) mass is 401 g/mol. The van der Waals surface area contributed by atoms with Crippen LogP contribution in [-0.2, 0) is 16.6 Å². The number of benzene rings is 2. The first-order valence-corrected chi connectivity index (χ1v) is 9.82. The topological polar surface area (TPSA) is 131 Å². The van der Waals surface area contributed by atoms with Crippen molar-refractivity contribution in [2.75, 3.05) is 24.3 Å². The summed E-state index contributed by atoms with van der Waals surface area (Å²) in [6, 6.07) is 13.0. The van der Waals surface area contributed by atoms with E-state index in [1.54, 1.807) is 0 Å². The highest BCUT2D eigenvalue weighted by atomic mass is 32.2. The van der Waals surface area contributed by atoms with Gasteiger partial charge in [-0.15, -0.1) is 0 Å². The number of nitrogens with one attached hydrogen (secondary N) is 1. The number of aromatic nitrogens is 1. The van der Waals surface area contributed by atoms with Gasteiger partial charge in [-0.25, -0.2) is 18.5 Å². The molecular formula is C18H19N5O4S. The van der Waals surface area contributed by atoms with E-state index in [1.165, 1.54) is 12.1 Å². The third-order valence-electron chi connectivity index (χ3n) is 4.20. The van der Waals surface area contributed by atoms with E-state index in [1.807, 2.05) is 49.3 Å². The zero-order chi connectivity index (χ0) is 20.5. The summed E-state index contributed by atoms with van der Waals surface area (Å²) in [6.07, 6.45) is 0. The van der Waals surface area contributed by atoms with Gasteiger partial charge in [0.1, 0.15) is 10.7 Å². The minimum Gasteiger partial charge on any atom is -0.380 e. The molecule has 2 aromatic carbocycles. The lowest BCUT2D eigenvalue weighted by molar-refractivity contribution is -0.385. The molecule has 0 saturated carbocycles. The molecule has 146 valence electrons. The minimum absolute atomic E-state index is 0.195. The van der Waals surface area contributed by atoms with Crippen LogP contribution >= 0.6 is 0 Å². The molecule has 0 aliphatic heterocycles. The minimum atomic E-state index is -4.15. The molecule has 0 atom stereocenters. The maximum absolute atomic E-state index is 11.9. The number of fused-ring (bicyclic) bond motifs is 1. The highest BCUT2D eigenvalue weighted by Crippen LogP contribution is 2.28. The Kier molecular flexibility index (Phi) is 5.16. The lowest BCUT2D eigenvalue weighted by Crippen LogP contribution is -2.16. The van der Waals surface area contributed by atoms with Crippen LogP contribution in [0.15, 0.2) is 53.4 Å². The standard InChI is InChI=1S/C18H19N5O4S/c1-22(2)18-9-12(14-5-3-4-6-15(14)21-18)11-20-16-8-7-13(23(24)25)10-17(16)28(19,26)27/h3-10,20H,11H2,1-2H3,(H2,19,26,27). The molecule has 3 aromatic rings. The van der Waals surface area contributed by atoms with Gasteiger partial charge in [-0.05, 0) is 23.8 Å². The molecule has 1 heterocycles. The van der Waals surface area contributed by atoms with Crippen molar-refractivity contribution in [1.29, 1.82) is 0 Å². The summed E-state index contributed by atoms with van der Waals surface area (Å²) in [7, 11) is -0.388. The predicted molar refractivity (Wildman–Crippen MR) is 108 cm³/mol. The number of pyridine rings is 1. The normalized spacial score (nSPS) is 11.4. The summed E-state index contributed by atoms with van der Waals surface area (Å²) in [4.78, 5) is 16.4. The van der Waals surface area contributed by atoms with Gasteiger partial charge >= 0.3 is 0 Å². The number of hydrogen-bond acceptors (Lipinski definition) is 7. The summed E-state index contributed by atoms with van der Waals surface area (Å²) in [5.74, 6) is 0.755. The first-order chi connectivity index (χ1) is 13.2. The van der Waals surface area contributed by atoms with Crippen molar-refractivity contribution in [2.24, 2.45) is 5.14 Å². The Morgan fingerprint density at radius 1 is 1.18 bits per heavy atom. The smallest absolute Gasteiger partial charge is 0.270 e. The fraction of sp³-hybridized carbons (Fsp3) is 0.167. The lowest BCUT2D eigenvalue weighted by atomic mass is 10.1. The van der Waals surface area contributed by atoms with Crippen LogP contribution < -0.4 is 15.4 Å². The summed E-state index contributed by atoms with van der Waals surface area (Å²) in [5, 5.41) is 20.1. The van der Waals surface area contributed by atoms with Crippen LogP contribution in [0.4, 0.5) is 17.2 Å². The Labute approximate surface area is 162 Å². The molecular weight excluding hydrogens is 382 g/mol. The number of nitro benzene ring substituents is 1. The molecule has 0 fully saturated rings. The lowest BCUT2D eigenvalue weighted by Gasteiger charge is -2.16. The number of sulfonamides is 1. The first-order valence-electron chi connectivity index (χ1n) is 8.28. The summed E-state index contributed by atoms with van der Waals surface area (Å²) in [6.45, 7) is 0.282. The Hall–Kier alpha value is -3.24. The van der Waals surface area contributed by atoms with Crippen LogP contribution in [0.25, 0.3) is 10.9 Å². The van der Waals surface area contributed by atoms with Gasteiger partial charge in [0.25, 0.3) is 5.69 Å². The highest BCUT2D eigenvalue weighted by Gasteiger charge is 2.19. The Bertz CT molecular complexity index is 1160. The van der Waals surface area contributed by atoms with Gasteiger partial charge in [-0.1, -0.05) is 18.2 Å². The zero-order valence-corrected chi connectivity index (χ0v) is 16.1. The van der Waals surface area contributed by atoms with Crippen LogP contribution in [-0.4, -0.2) is 32.4 Å². The summed E-state index contributed by atoms with van der Waals surface area (Å²) < 4.78 is 23.8. The van der Waals surface area contributed by atoms with E-state index in [2.05, 4.69) is 10.3 Å². The molecule has 9 nitrogen and oxygen atoms in total. The number of nitro groups is 1. The van der Waals surface area contributed by atoms with Gasteiger partial charge in [0.2, 0.25) is 10.0 Å². The van der Waals surface area contributed by atoms with E-state index in [0.29, 0.717) is 0 Å². The molecule has 0 bridgehead atoms. The van der Waals surface area contributed by atoms with Gasteiger partial charge in [0.05, 0.1) is 16.1 Å². The second-order valence-electron chi connectivity index (χ2n) is 6.39. The molecule has 10 heteroatoms. The Morgan fingerprint density at radius 3 is 2.54 bits per heavy atom. The van der Waals surface area contributed by atoms with Crippen molar-refractivity contribution in [3.63, 3.8) is 0 Å². The average Bonchev–Trinajstić information content (AvgIpc) is 2.64. The van der Waals surface area contributed by atoms with E-state index in [-0.39, 0.29) is 22.8 Å².